The molecule has 0 aliphatic rings. The molecule has 0 unspecified atom stereocenters. The molecule has 1 aromatic carbocycles. The number of nitrogens with zero attached hydrogens (tertiary/aromatic N) is 1. The van der Waals surface area contributed by atoms with Crippen LogP contribution in [0.2, 0.25) is 0 Å². The lowest BCUT2D eigenvalue weighted by molar-refractivity contribution is 0.582. The van der Waals surface area contributed by atoms with Crippen LogP contribution in [0.25, 0.3) is 22.2 Å². The summed E-state index contributed by atoms with van der Waals surface area (Å²) in [5, 5.41) is 1.03. The summed E-state index contributed by atoms with van der Waals surface area (Å²) in [6, 6.07) is 10.9. The van der Waals surface area contributed by atoms with E-state index in [0.717, 1.165) is 34.3 Å². The van der Waals surface area contributed by atoms with Crippen molar-refractivity contribution in [1.82, 2.24) is 14.7 Å². The highest BCUT2D eigenvalue weighted by atomic mass is 35.5. The predicted octanol–water partition coefficient (Wildman–Crippen LogP) is 2.87. The molecule has 0 aliphatic carbocycles. The van der Waals surface area contributed by atoms with E-state index in [0.29, 0.717) is 0 Å². The average molecular weight is 417 g/mol. The number of pyridine rings is 1. The van der Waals surface area contributed by atoms with Gasteiger partial charge in [-0.3, -0.25) is 0 Å². The molecule has 142 valence electrons. The first-order valence-corrected chi connectivity index (χ1v) is 9.30. The molecule has 2 heterocycles. The van der Waals surface area contributed by atoms with E-state index in [4.69, 9.17) is 5.73 Å². The number of rotatable bonds is 6. The number of aromatic amines is 1. The molecule has 0 fully saturated rings. The molecule has 6 nitrogen and oxygen atoms in total. The molecule has 26 heavy (non-hydrogen) atoms. The van der Waals surface area contributed by atoms with Crippen LogP contribution in [0.4, 0.5) is 0 Å². The van der Waals surface area contributed by atoms with E-state index in [1.807, 2.05) is 18.2 Å². The molecule has 0 amide bonds. The van der Waals surface area contributed by atoms with Gasteiger partial charge in [-0.1, -0.05) is 19.1 Å². The molecule has 4 N–H and O–H groups in total. The van der Waals surface area contributed by atoms with Crippen molar-refractivity contribution >= 4 is 45.9 Å². The maximum atomic E-state index is 12.1. The number of aryl methyl sites for hydroxylation is 1. The van der Waals surface area contributed by atoms with Gasteiger partial charge < -0.3 is 10.7 Å². The Hall–Kier alpha value is -1.64. The number of fused-ring (bicyclic) bond motifs is 1. The molecule has 0 aliphatic heterocycles. The van der Waals surface area contributed by atoms with Crippen LogP contribution >= 0.6 is 24.8 Å². The van der Waals surface area contributed by atoms with Crippen LogP contribution in [0.5, 0.6) is 0 Å². The number of nitrogens with one attached hydrogen (secondary N) is 2. The van der Waals surface area contributed by atoms with Crippen molar-refractivity contribution in [2.45, 2.75) is 18.2 Å². The summed E-state index contributed by atoms with van der Waals surface area (Å²) in [4.78, 5) is 7.87. The third-order valence-electron chi connectivity index (χ3n) is 3.88. The number of nitrogens with two attached hydrogens (primary N) is 1. The fourth-order valence-corrected chi connectivity index (χ4v) is 3.66. The van der Waals surface area contributed by atoms with Crippen LogP contribution in [-0.2, 0) is 16.4 Å². The van der Waals surface area contributed by atoms with Crippen molar-refractivity contribution in [3.63, 3.8) is 0 Å². The Morgan fingerprint density at radius 2 is 1.85 bits per heavy atom. The molecular weight excluding hydrogens is 395 g/mol. The lowest BCUT2D eigenvalue weighted by Gasteiger charge is -2.07. The van der Waals surface area contributed by atoms with E-state index in [1.54, 1.807) is 18.3 Å². The third kappa shape index (κ3) is 4.55. The van der Waals surface area contributed by atoms with Gasteiger partial charge in [-0.2, -0.15) is 0 Å². The van der Waals surface area contributed by atoms with Gasteiger partial charge in [-0.15, -0.1) is 24.8 Å². The summed E-state index contributed by atoms with van der Waals surface area (Å²) in [5.41, 5.74) is 9.27. The number of hydrogen-bond acceptors (Lipinski definition) is 4. The van der Waals surface area contributed by atoms with E-state index in [1.165, 1.54) is 0 Å². The fourth-order valence-electron chi connectivity index (χ4n) is 2.61. The first-order valence-electron chi connectivity index (χ1n) is 7.82. The molecule has 0 spiro atoms. The Kier molecular flexibility index (Phi) is 8.05. The second kappa shape index (κ2) is 9.34. The van der Waals surface area contributed by atoms with E-state index >= 15 is 0 Å². The van der Waals surface area contributed by atoms with Crippen LogP contribution in [0.1, 0.15) is 12.6 Å². The smallest absolute Gasteiger partial charge is 0.240 e. The molecule has 3 rings (SSSR count). The van der Waals surface area contributed by atoms with Gasteiger partial charge in [0, 0.05) is 30.4 Å². The van der Waals surface area contributed by atoms with Gasteiger partial charge >= 0.3 is 0 Å². The van der Waals surface area contributed by atoms with Crippen LogP contribution in [0.15, 0.2) is 47.5 Å². The molecule has 0 saturated heterocycles. The molecule has 0 saturated carbocycles. The zero-order valence-corrected chi connectivity index (χ0v) is 16.7. The van der Waals surface area contributed by atoms with Crippen molar-refractivity contribution in [2.24, 2.45) is 5.73 Å². The minimum absolute atomic E-state index is 0. The molecule has 2 aromatic heterocycles. The zero-order chi connectivity index (χ0) is 17.2. The van der Waals surface area contributed by atoms with Gasteiger partial charge in [0.2, 0.25) is 10.0 Å². The van der Waals surface area contributed by atoms with Gasteiger partial charge in [0.1, 0.15) is 5.65 Å². The average Bonchev–Trinajstić information content (AvgIpc) is 3.03. The first-order chi connectivity index (χ1) is 11.5. The van der Waals surface area contributed by atoms with E-state index < -0.39 is 10.0 Å². The van der Waals surface area contributed by atoms with Crippen molar-refractivity contribution in [3.05, 3.63) is 48.3 Å². The third-order valence-corrected chi connectivity index (χ3v) is 5.36. The summed E-state index contributed by atoms with van der Waals surface area (Å²) in [7, 11) is -3.51. The molecule has 0 radical (unpaired) electrons. The molecule has 0 bridgehead atoms. The summed E-state index contributed by atoms with van der Waals surface area (Å²) in [6.07, 6.45) is 2.65. The standard InChI is InChI=1S/C17H20N4O2S.2ClH/c1-2-13-11-16-15(7-9-19-17(16)21-13)12-3-5-14(6-4-12)24(22,23)20-10-8-18;;/h3-7,9,11,20H,2,8,10,18H2,1H3,(H,19,21);2*1H. The maximum Gasteiger partial charge on any atom is 0.240 e. The van der Waals surface area contributed by atoms with E-state index in [-0.39, 0.29) is 42.8 Å². The van der Waals surface area contributed by atoms with Gasteiger partial charge in [-0.25, -0.2) is 18.1 Å². The maximum absolute atomic E-state index is 12.1. The Bertz CT molecular complexity index is 957. The lowest BCUT2D eigenvalue weighted by atomic mass is 10.0. The van der Waals surface area contributed by atoms with Crippen LogP contribution in [0, 0.1) is 0 Å². The van der Waals surface area contributed by atoms with Crippen LogP contribution in [-0.4, -0.2) is 31.5 Å². The summed E-state index contributed by atoms with van der Waals surface area (Å²) in [6.45, 7) is 2.57. The predicted molar refractivity (Wildman–Crippen MR) is 110 cm³/mol. The number of aromatic nitrogens is 2. The second-order valence-corrected chi connectivity index (χ2v) is 7.25. The van der Waals surface area contributed by atoms with Gasteiger partial charge in [0.25, 0.3) is 0 Å². The Balaban J connectivity index is 0.00000169. The van der Waals surface area contributed by atoms with Crippen molar-refractivity contribution in [2.75, 3.05) is 13.1 Å². The number of benzene rings is 1. The Labute approximate surface area is 165 Å². The highest BCUT2D eigenvalue weighted by Crippen LogP contribution is 2.29. The molecule has 0 atom stereocenters. The zero-order valence-electron chi connectivity index (χ0n) is 14.2. The normalized spacial score (nSPS) is 11.0. The molecular formula is C17H22Cl2N4O2S. The summed E-state index contributed by atoms with van der Waals surface area (Å²) >= 11 is 0. The Morgan fingerprint density at radius 3 is 2.46 bits per heavy atom. The van der Waals surface area contributed by atoms with Crippen molar-refractivity contribution < 1.29 is 8.42 Å². The number of hydrogen-bond donors (Lipinski definition) is 3. The first kappa shape index (κ1) is 22.4. The van der Waals surface area contributed by atoms with E-state index in [2.05, 4.69) is 27.7 Å². The van der Waals surface area contributed by atoms with Crippen molar-refractivity contribution in [3.8, 4) is 11.1 Å². The number of sulfonamides is 1. The number of halogens is 2. The highest BCUT2D eigenvalue weighted by Gasteiger charge is 2.14. The minimum atomic E-state index is -3.51. The summed E-state index contributed by atoms with van der Waals surface area (Å²) in [5.74, 6) is 0. The lowest BCUT2D eigenvalue weighted by Crippen LogP contribution is -2.29. The van der Waals surface area contributed by atoms with Gasteiger partial charge in [-0.05, 0) is 41.8 Å². The highest BCUT2D eigenvalue weighted by molar-refractivity contribution is 7.89. The molecule has 3 aromatic rings. The monoisotopic (exact) mass is 416 g/mol. The van der Waals surface area contributed by atoms with Crippen LogP contribution < -0.4 is 10.5 Å². The van der Waals surface area contributed by atoms with Gasteiger partial charge in [0.15, 0.2) is 0 Å². The van der Waals surface area contributed by atoms with Gasteiger partial charge in [0.05, 0.1) is 4.90 Å². The molecule has 9 heteroatoms. The minimum Gasteiger partial charge on any atom is -0.343 e. The largest absolute Gasteiger partial charge is 0.343 e. The second-order valence-electron chi connectivity index (χ2n) is 5.48. The SMILES string of the molecule is CCc1cc2c(-c3ccc(S(=O)(=O)NCCN)cc3)ccnc2[nH]1.Cl.Cl. The number of H-pyrrole nitrogens is 1. The summed E-state index contributed by atoms with van der Waals surface area (Å²) < 4.78 is 26.7. The van der Waals surface area contributed by atoms with Crippen molar-refractivity contribution in [1.29, 1.82) is 0 Å². The quantitative estimate of drug-likeness (QED) is 0.574. The topological polar surface area (TPSA) is 101 Å². The Morgan fingerprint density at radius 1 is 1.15 bits per heavy atom. The van der Waals surface area contributed by atoms with Crippen LogP contribution in [0.3, 0.4) is 0 Å². The fraction of sp³-hybridized carbons (Fsp3) is 0.235. The van der Waals surface area contributed by atoms with E-state index in [9.17, 15) is 8.42 Å².